The Hall–Kier alpha value is -0.590. The average molecular weight is 168 g/mol. The predicted octanol–water partition coefficient (Wildman–Crippen LogP) is 3.35. The highest BCUT2D eigenvalue weighted by molar-refractivity contribution is 5.96. The minimum absolute atomic E-state index is 0.209. The van der Waals surface area contributed by atoms with Crippen molar-refractivity contribution in [3.8, 4) is 0 Å². The zero-order valence-corrected chi connectivity index (χ0v) is 8.68. The summed E-state index contributed by atoms with van der Waals surface area (Å²) in [7, 11) is 0. The fourth-order valence-corrected chi connectivity index (χ4v) is 1.17. The van der Waals surface area contributed by atoms with Gasteiger partial charge in [-0.3, -0.25) is 4.79 Å². The highest BCUT2D eigenvalue weighted by Gasteiger charge is 2.12. The molecule has 1 atom stereocenters. The summed E-state index contributed by atoms with van der Waals surface area (Å²) in [6.45, 7) is 7.98. The lowest BCUT2D eigenvalue weighted by atomic mass is 9.95. The molecule has 0 rings (SSSR count). The van der Waals surface area contributed by atoms with Crippen molar-refractivity contribution < 1.29 is 4.79 Å². The molecular weight excluding hydrogens is 148 g/mol. The second kappa shape index (κ2) is 5.99. The second-order valence-electron chi connectivity index (χ2n) is 3.38. The molecule has 0 spiro atoms. The van der Waals surface area contributed by atoms with Crippen molar-refractivity contribution >= 4 is 5.78 Å². The molecule has 0 aliphatic carbocycles. The number of ketones is 1. The van der Waals surface area contributed by atoms with E-state index in [-0.39, 0.29) is 5.92 Å². The molecule has 0 N–H and O–H groups in total. The SMILES string of the molecule is C/C=C(\C)C(=O)C(C)CCCC. The van der Waals surface area contributed by atoms with Gasteiger partial charge in [-0.15, -0.1) is 0 Å². The van der Waals surface area contributed by atoms with Crippen molar-refractivity contribution in [3.05, 3.63) is 11.6 Å². The van der Waals surface area contributed by atoms with Gasteiger partial charge in [-0.1, -0.05) is 32.8 Å². The van der Waals surface area contributed by atoms with Gasteiger partial charge >= 0.3 is 0 Å². The van der Waals surface area contributed by atoms with E-state index in [0.717, 1.165) is 18.4 Å². The second-order valence-corrected chi connectivity index (χ2v) is 3.38. The quantitative estimate of drug-likeness (QED) is 0.575. The lowest BCUT2D eigenvalue weighted by Crippen LogP contribution is -2.11. The number of unbranched alkanes of at least 4 members (excludes halogenated alkanes) is 1. The van der Waals surface area contributed by atoms with Gasteiger partial charge in [0.15, 0.2) is 5.78 Å². The van der Waals surface area contributed by atoms with Gasteiger partial charge in [0, 0.05) is 5.92 Å². The van der Waals surface area contributed by atoms with Crippen molar-refractivity contribution in [1.82, 2.24) is 0 Å². The Morgan fingerprint density at radius 1 is 1.50 bits per heavy atom. The molecule has 0 bridgehead atoms. The molecule has 0 aromatic carbocycles. The Morgan fingerprint density at radius 3 is 2.50 bits per heavy atom. The van der Waals surface area contributed by atoms with Crippen LogP contribution in [0.15, 0.2) is 11.6 Å². The van der Waals surface area contributed by atoms with E-state index in [9.17, 15) is 4.79 Å². The summed E-state index contributed by atoms with van der Waals surface area (Å²) >= 11 is 0. The lowest BCUT2D eigenvalue weighted by molar-refractivity contribution is -0.118. The molecular formula is C11H20O. The van der Waals surface area contributed by atoms with Crippen LogP contribution < -0.4 is 0 Å². The summed E-state index contributed by atoms with van der Waals surface area (Å²) in [4.78, 5) is 11.5. The van der Waals surface area contributed by atoms with E-state index in [1.54, 1.807) is 0 Å². The van der Waals surface area contributed by atoms with Gasteiger partial charge in [0.05, 0.1) is 0 Å². The topological polar surface area (TPSA) is 17.1 Å². The molecule has 0 aliphatic heterocycles. The summed E-state index contributed by atoms with van der Waals surface area (Å²) in [6.07, 6.45) is 5.25. The van der Waals surface area contributed by atoms with Crippen molar-refractivity contribution in [2.45, 2.75) is 47.0 Å². The van der Waals surface area contributed by atoms with Crippen LogP contribution in [-0.4, -0.2) is 5.78 Å². The first-order chi connectivity index (χ1) is 5.63. The van der Waals surface area contributed by atoms with Crippen molar-refractivity contribution in [1.29, 1.82) is 0 Å². The van der Waals surface area contributed by atoms with Gasteiger partial charge in [0.1, 0.15) is 0 Å². The fraction of sp³-hybridized carbons (Fsp3) is 0.727. The Bertz CT molecular complexity index is 168. The number of allylic oxidation sites excluding steroid dienone is 2. The Balaban J connectivity index is 3.93. The summed E-state index contributed by atoms with van der Waals surface area (Å²) in [6, 6.07) is 0. The molecule has 0 amide bonds. The smallest absolute Gasteiger partial charge is 0.161 e. The van der Waals surface area contributed by atoms with Crippen LogP contribution in [0.2, 0.25) is 0 Å². The van der Waals surface area contributed by atoms with E-state index in [0.29, 0.717) is 5.78 Å². The Kier molecular flexibility index (Phi) is 5.69. The minimum atomic E-state index is 0.209. The molecule has 0 aliphatic rings. The van der Waals surface area contributed by atoms with Crippen LogP contribution >= 0.6 is 0 Å². The highest BCUT2D eigenvalue weighted by atomic mass is 16.1. The number of carbonyl (C=O) groups is 1. The molecule has 12 heavy (non-hydrogen) atoms. The molecule has 70 valence electrons. The lowest BCUT2D eigenvalue weighted by Gasteiger charge is -2.08. The maximum atomic E-state index is 11.5. The summed E-state index contributed by atoms with van der Waals surface area (Å²) < 4.78 is 0. The summed E-state index contributed by atoms with van der Waals surface area (Å²) in [5, 5.41) is 0. The molecule has 0 fully saturated rings. The Morgan fingerprint density at radius 2 is 2.08 bits per heavy atom. The number of hydrogen-bond donors (Lipinski definition) is 0. The first kappa shape index (κ1) is 11.4. The molecule has 0 radical (unpaired) electrons. The van der Waals surface area contributed by atoms with Crippen LogP contribution in [0.4, 0.5) is 0 Å². The zero-order valence-electron chi connectivity index (χ0n) is 8.68. The van der Waals surface area contributed by atoms with E-state index in [2.05, 4.69) is 6.92 Å². The minimum Gasteiger partial charge on any atom is -0.294 e. The van der Waals surface area contributed by atoms with E-state index in [4.69, 9.17) is 0 Å². The third-order valence-electron chi connectivity index (χ3n) is 2.26. The number of carbonyl (C=O) groups excluding carboxylic acids is 1. The number of hydrogen-bond acceptors (Lipinski definition) is 1. The van der Waals surface area contributed by atoms with Gasteiger partial charge in [-0.2, -0.15) is 0 Å². The van der Waals surface area contributed by atoms with Crippen LogP contribution in [-0.2, 0) is 4.79 Å². The van der Waals surface area contributed by atoms with Gasteiger partial charge in [-0.05, 0) is 25.8 Å². The Labute approximate surface area is 75.9 Å². The van der Waals surface area contributed by atoms with Crippen molar-refractivity contribution in [2.75, 3.05) is 0 Å². The van der Waals surface area contributed by atoms with Crippen LogP contribution in [0.1, 0.15) is 47.0 Å². The van der Waals surface area contributed by atoms with Gasteiger partial charge in [0.25, 0.3) is 0 Å². The van der Waals surface area contributed by atoms with Crippen LogP contribution in [0.3, 0.4) is 0 Å². The summed E-state index contributed by atoms with van der Waals surface area (Å²) in [5.41, 5.74) is 0.901. The number of rotatable bonds is 5. The zero-order chi connectivity index (χ0) is 9.56. The number of Topliss-reactive ketones (excluding diaryl/α,β-unsaturated/α-hetero) is 1. The van der Waals surface area contributed by atoms with E-state index >= 15 is 0 Å². The van der Waals surface area contributed by atoms with Gasteiger partial charge in [-0.25, -0.2) is 0 Å². The predicted molar refractivity (Wildman–Crippen MR) is 53.1 cm³/mol. The van der Waals surface area contributed by atoms with E-state index < -0.39 is 0 Å². The third kappa shape index (κ3) is 3.70. The maximum Gasteiger partial charge on any atom is 0.161 e. The monoisotopic (exact) mass is 168 g/mol. The molecule has 1 unspecified atom stereocenters. The average Bonchev–Trinajstić information content (AvgIpc) is 2.11. The van der Waals surface area contributed by atoms with Crippen LogP contribution in [0.5, 0.6) is 0 Å². The maximum absolute atomic E-state index is 11.5. The molecule has 0 aromatic heterocycles. The molecule has 0 saturated heterocycles. The largest absolute Gasteiger partial charge is 0.294 e. The molecule has 1 nitrogen and oxygen atoms in total. The van der Waals surface area contributed by atoms with Crippen LogP contribution in [0, 0.1) is 5.92 Å². The molecule has 1 heteroatoms. The van der Waals surface area contributed by atoms with Gasteiger partial charge < -0.3 is 0 Å². The first-order valence-corrected chi connectivity index (χ1v) is 4.80. The first-order valence-electron chi connectivity index (χ1n) is 4.80. The normalized spacial score (nSPS) is 14.5. The van der Waals surface area contributed by atoms with Crippen LogP contribution in [0.25, 0.3) is 0 Å². The molecule has 0 saturated carbocycles. The molecule has 0 heterocycles. The fourth-order valence-electron chi connectivity index (χ4n) is 1.17. The summed E-state index contributed by atoms with van der Waals surface area (Å²) in [5.74, 6) is 0.520. The third-order valence-corrected chi connectivity index (χ3v) is 2.26. The van der Waals surface area contributed by atoms with Gasteiger partial charge in [0.2, 0.25) is 0 Å². The highest BCUT2D eigenvalue weighted by Crippen LogP contribution is 2.13. The van der Waals surface area contributed by atoms with Crippen molar-refractivity contribution in [2.24, 2.45) is 5.92 Å². The van der Waals surface area contributed by atoms with E-state index in [1.807, 2.05) is 26.8 Å². The molecule has 0 aromatic rings. The van der Waals surface area contributed by atoms with Crippen molar-refractivity contribution in [3.63, 3.8) is 0 Å². The standard InChI is InChI=1S/C11H20O/c1-5-7-8-10(4)11(12)9(3)6-2/h6,10H,5,7-8H2,1-4H3/b9-6+. The van der Waals surface area contributed by atoms with E-state index in [1.165, 1.54) is 6.42 Å².